The van der Waals surface area contributed by atoms with Crippen LogP contribution >= 0.6 is 0 Å². The van der Waals surface area contributed by atoms with Gasteiger partial charge in [0.25, 0.3) is 5.91 Å². The Morgan fingerprint density at radius 2 is 2.39 bits per heavy atom. The molecule has 1 heterocycles. The summed E-state index contributed by atoms with van der Waals surface area (Å²) in [5, 5.41) is 2.95. The molecule has 1 amide bonds. The van der Waals surface area contributed by atoms with Gasteiger partial charge in [-0.1, -0.05) is 0 Å². The van der Waals surface area contributed by atoms with Crippen molar-refractivity contribution in [1.29, 1.82) is 0 Å². The number of anilines is 1. The molecule has 1 atom stereocenters. The maximum atomic E-state index is 12.0. The van der Waals surface area contributed by atoms with Gasteiger partial charge >= 0.3 is 0 Å². The van der Waals surface area contributed by atoms with Crippen LogP contribution in [-0.4, -0.2) is 25.7 Å². The van der Waals surface area contributed by atoms with Crippen LogP contribution in [0.5, 0.6) is 0 Å². The predicted molar refractivity (Wildman–Crippen MR) is 71.5 cm³/mol. The molecule has 0 aliphatic carbocycles. The number of amides is 1. The third-order valence-electron chi connectivity index (χ3n) is 3.36. The minimum atomic E-state index is -0.0218. The number of hydrogen-bond donors (Lipinski definition) is 2. The lowest BCUT2D eigenvalue weighted by Gasteiger charge is -2.10. The minimum absolute atomic E-state index is 0.0218. The number of aryl methyl sites for hydroxylation is 1. The SMILES string of the molecule is Cc1cc(N)ccc1C(=O)NCCC1CCOC1. The van der Waals surface area contributed by atoms with Gasteiger partial charge in [-0.2, -0.15) is 0 Å². The lowest BCUT2D eigenvalue weighted by Crippen LogP contribution is -2.26. The Balaban J connectivity index is 1.83. The van der Waals surface area contributed by atoms with E-state index in [0.717, 1.165) is 31.6 Å². The molecule has 0 bridgehead atoms. The van der Waals surface area contributed by atoms with Crippen molar-refractivity contribution in [2.24, 2.45) is 5.92 Å². The maximum absolute atomic E-state index is 12.0. The third-order valence-corrected chi connectivity index (χ3v) is 3.36. The summed E-state index contributed by atoms with van der Waals surface area (Å²) in [7, 11) is 0. The Labute approximate surface area is 108 Å². The molecule has 1 saturated heterocycles. The molecule has 1 aliphatic rings. The van der Waals surface area contributed by atoms with Gasteiger partial charge in [-0.25, -0.2) is 0 Å². The second-order valence-electron chi connectivity index (χ2n) is 4.85. The van der Waals surface area contributed by atoms with Crippen LogP contribution in [0, 0.1) is 12.8 Å². The van der Waals surface area contributed by atoms with Crippen LogP contribution in [0.3, 0.4) is 0 Å². The van der Waals surface area contributed by atoms with E-state index in [4.69, 9.17) is 10.5 Å². The van der Waals surface area contributed by atoms with Gasteiger partial charge in [0.15, 0.2) is 0 Å². The van der Waals surface area contributed by atoms with Crippen molar-refractivity contribution in [2.75, 3.05) is 25.5 Å². The van der Waals surface area contributed by atoms with Crippen molar-refractivity contribution in [1.82, 2.24) is 5.32 Å². The highest BCUT2D eigenvalue weighted by Gasteiger charge is 2.16. The van der Waals surface area contributed by atoms with Gasteiger partial charge in [0, 0.05) is 31.0 Å². The Bertz CT molecular complexity index is 426. The molecule has 4 nitrogen and oxygen atoms in total. The van der Waals surface area contributed by atoms with Crippen molar-refractivity contribution in [2.45, 2.75) is 19.8 Å². The normalized spacial score (nSPS) is 18.8. The number of benzene rings is 1. The molecule has 2 rings (SSSR count). The van der Waals surface area contributed by atoms with E-state index in [1.165, 1.54) is 0 Å². The summed E-state index contributed by atoms with van der Waals surface area (Å²) < 4.78 is 5.30. The van der Waals surface area contributed by atoms with Gasteiger partial charge in [0.2, 0.25) is 0 Å². The Hall–Kier alpha value is -1.55. The van der Waals surface area contributed by atoms with Crippen molar-refractivity contribution >= 4 is 11.6 Å². The molecule has 18 heavy (non-hydrogen) atoms. The molecule has 98 valence electrons. The van der Waals surface area contributed by atoms with E-state index in [0.29, 0.717) is 23.7 Å². The summed E-state index contributed by atoms with van der Waals surface area (Å²) in [5.74, 6) is 0.573. The zero-order valence-electron chi connectivity index (χ0n) is 10.7. The second-order valence-corrected chi connectivity index (χ2v) is 4.85. The number of carbonyl (C=O) groups is 1. The van der Waals surface area contributed by atoms with E-state index in [-0.39, 0.29) is 5.91 Å². The lowest BCUT2D eigenvalue weighted by atomic mass is 10.0. The summed E-state index contributed by atoms with van der Waals surface area (Å²) in [6.07, 6.45) is 2.09. The van der Waals surface area contributed by atoms with Gasteiger partial charge in [-0.15, -0.1) is 0 Å². The number of nitrogens with one attached hydrogen (secondary N) is 1. The molecule has 1 unspecified atom stereocenters. The molecule has 0 radical (unpaired) electrons. The fraction of sp³-hybridized carbons (Fsp3) is 0.500. The molecule has 0 saturated carbocycles. The lowest BCUT2D eigenvalue weighted by molar-refractivity contribution is 0.0950. The predicted octanol–water partition coefficient (Wildman–Crippen LogP) is 1.73. The molecule has 1 aliphatic heterocycles. The average Bonchev–Trinajstić information content (AvgIpc) is 2.81. The van der Waals surface area contributed by atoms with Crippen molar-refractivity contribution in [3.8, 4) is 0 Å². The van der Waals surface area contributed by atoms with E-state index in [1.807, 2.05) is 13.0 Å². The first-order chi connectivity index (χ1) is 8.66. The van der Waals surface area contributed by atoms with E-state index < -0.39 is 0 Å². The Kier molecular flexibility index (Phi) is 4.20. The van der Waals surface area contributed by atoms with E-state index >= 15 is 0 Å². The van der Waals surface area contributed by atoms with Gasteiger partial charge < -0.3 is 15.8 Å². The standard InChI is InChI=1S/C14H20N2O2/c1-10-8-12(15)2-3-13(10)14(17)16-6-4-11-5-7-18-9-11/h2-3,8,11H,4-7,9,15H2,1H3,(H,16,17). The maximum Gasteiger partial charge on any atom is 0.251 e. The molecule has 0 spiro atoms. The van der Waals surface area contributed by atoms with Gasteiger partial charge in [0.1, 0.15) is 0 Å². The van der Waals surface area contributed by atoms with Crippen molar-refractivity contribution < 1.29 is 9.53 Å². The highest BCUT2D eigenvalue weighted by Crippen LogP contribution is 2.16. The number of carbonyl (C=O) groups excluding carboxylic acids is 1. The van der Waals surface area contributed by atoms with E-state index in [9.17, 15) is 4.79 Å². The summed E-state index contributed by atoms with van der Waals surface area (Å²) in [4.78, 5) is 12.0. The van der Waals surface area contributed by atoms with Crippen LogP contribution in [0.25, 0.3) is 0 Å². The van der Waals surface area contributed by atoms with E-state index in [1.54, 1.807) is 12.1 Å². The van der Waals surface area contributed by atoms with Crippen LogP contribution in [0.1, 0.15) is 28.8 Å². The van der Waals surface area contributed by atoms with Gasteiger partial charge in [-0.3, -0.25) is 4.79 Å². The van der Waals surface area contributed by atoms with E-state index in [2.05, 4.69) is 5.32 Å². The Morgan fingerprint density at radius 3 is 3.06 bits per heavy atom. The molecule has 4 heteroatoms. The zero-order chi connectivity index (χ0) is 13.0. The smallest absolute Gasteiger partial charge is 0.251 e. The number of rotatable bonds is 4. The summed E-state index contributed by atoms with van der Waals surface area (Å²) in [5.41, 5.74) is 7.97. The number of nitrogen functional groups attached to an aromatic ring is 1. The molecule has 1 aromatic rings. The topological polar surface area (TPSA) is 64.4 Å². The molecule has 1 fully saturated rings. The number of hydrogen-bond acceptors (Lipinski definition) is 3. The van der Waals surface area contributed by atoms with Gasteiger partial charge in [-0.05, 0) is 49.4 Å². The minimum Gasteiger partial charge on any atom is -0.399 e. The fourth-order valence-electron chi connectivity index (χ4n) is 2.24. The quantitative estimate of drug-likeness (QED) is 0.798. The fourth-order valence-corrected chi connectivity index (χ4v) is 2.24. The molecule has 1 aromatic carbocycles. The molecule has 3 N–H and O–H groups in total. The van der Waals surface area contributed by atoms with Crippen LogP contribution < -0.4 is 11.1 Å². The second kappa shape index (κ2) is 5.87. The van der Waals surface area contributed by atoms with Crippen molar-refractivity contribution in [3.63, 3.8) is 0 Å². The summed E-state index contributed by atoms with van der Waals surface area (Å²) in [6.45, 7) is 4.29. The van der Waals surface area contributed by atoms with Crippen LogP contribution in [-0.2, 0) is 4.74 Å². The zero-order valence-corrected chi connectivity index (χ0v) is 10.7. The average molecular weight is 248 g/mol. The first kappa shape index (κ1) is 12.9. The van der Waals surface area contributed by atoms with Crippen LogP contribution in [0.15, 0.2) is 18.2 Å². The molecule has 0 aromatic heterocycles. The monoisotopic (exact) mass is 248 g/mol. The Morgan fingerprint density at radius 1 is 1.56 bits per heavy atom. The molecular weight excluding hydrogens is 228 g/mol. The number of nitrogens with two attached hydrogens (primary N) is 1. The number of ether oxygens (including phenoxy) is 1. The van der Waals surface area contributed by atoms with Crippen molar-refractivity contribution in [3.05, 3.63) is 29.3 Å². The van der Waals surface area contributed by atoms with Crippen LogP contribution in [0.4, 0.5) is 5.69 Å². The largest absolute Gasteiger partial charge is 0.399 e. The molecular formula is C14H20N2O2. The summed E-state index contributed by atoms with van der Waals surface area (Å²) >= 11 is 0. The summed E-state index contributed by atoms with van der Waals surface area (Å²) in [6, 6.07) is 5.35. The highest BCUT2D eigenvalue weighted by atomic mass is 16.5. The van der Waals surface area contributed by atoms with Crippen LogP contribution in [0.2, 0.25) is 0 Å². The highest BCUT2D eigenvalue weighted by molar-refractivity contribution is 5.95. The van der Waals surface area contributed by atoms with Gasteiger partial charge in [0.05, 0.1) is 0 Å². The first-order valence-electron chi connectivity index (χ1n) is 6.39. The third kappa shape index (κ3) is 3.23. The first-order valence-corrected chi connectivity index (χ1v) is 6.39.